The van der Waals surface area contributed by atoms with Crippen molar-refractivity contribution in [3.05, 3.63) is 16.1 Å². The van der Waals surface area contributed by atoms with E-state index < -0.39 is 0 Å². The third kappa shape index (κ3) is 5.04. The molecular weight excluding hydrogens is 244 g/mol. The summed E-state index contributed by atoms with van der Waals surface area (Å²) in [5.41, 5.74) is 1.16. The molecule has 1 saturated carbocycles. The second-order valence-corrected chi connectivity index (χ2v) is 6.08. The van der Waals surface area contributed by atoms with Crippen molar-refractivity contribution >= 4 is 11.3 Å². The molecule has 102 valence electrons. The predicted octanol–water partition coefficient (Wildman–Crippen LogP) is 3.28. The Morgan fingerprint density at radius 2 is 2.22 bits per heavy atom. The molecule has 1 aliphatic rings. The van der Waals surface area contributed by atoms with Crippen LogP contribution in [0.25, 0.3) is 0 Å². The zero-order chi connectivity index (χ0) is 12.6. The van der Waals surface area contributed by atoms with Crippen LogP contribution in [0.3, 0.4) is 0 Å². The van der Waals surface area contributed by atoms with Crippen LogP contribution in [0.15, 0.2) is 5.38 Å². The van der Waals surface area contributed by atoms with Crippen molar-refractivity contribution in [3.8, 4) is 0 Å². The van der Waals surface area contributed by atoms with Crippen molar-refractivity contribution in [1.29, 1.82) is 0 Å². The number of aromatic nitrogens is 1. The predicted molar refractivity (Wildman–Crippen MR) is 76.0 cm³/mol. The fraction of sp³-hybridized carbons (Fsp3) is 0.786. The molecule has 18 heavy (non-hydrogen) atoms. The molecule has 2 rings (SSSR count). The molecule has 0 atom stereocenters. The second kappa shape index (κ2) is 7.87. The van der Waals surface area contributed by atoms with E-state index in [1.165, 1.54) is 32.1 Å². The zero-order valence-electron chi connectivity index (χ0n) is 11.3. The van der Waals surface area contributed by atoms with Crippen molar-refractivity contribution in [3.63, 3.8) is 0 Å². The van der Waals surface area contributed by atoms with E-state index in [1.54, 1.807) is 11.3 Å². The third-order valence-corrected chi connectivity index (χ3v) is 4.20. The molecule has 0 saturated heterocycles. The first-order chi connectivity index (χ1) is 8.84. The Morgan fingerprint density at radius 3 is 2.94 bits per heavy atom. The van der Waals surface area contributed by atoms with Gasteiger partial charge in [0.25, 0.3) is 0 Å². The molecule has 1 aromatic rings. The number of thiazole rings is 1. The smallest absolute Gasteiger partial charge is 0.0897 e. The molecule has 0 aromatic carbocycles. The van der Waals surface area contributed by atoms with Crippen molar-refractivity contribution in [2.24, 2.45) is 0 Å². The maximum atomic E-state index is 5.89. The summed E-state index contributed by atoms with van der Waals surface area (Å²) in [4.78, 5) is 4.43. The molecule has 0 radical (unpaired) electrons. The van der Waals surface area contributed by atoms with E-state index in [4.69, 9.17) is 4.74 Å². The molecular formula is C14H24N2OS. The number of nitrogens with zero attached hydrogens (tertiary/aromatic N) is 1. The van der Waals surface area contributed by atoms with E-state index >= 15 is 0 Å². The SMILES string of the molecule is Cc1nc(CNCCCOC2CCCCC2)cs1. The fourth-order valence-corrected chi connectivity index (χ4v) is 3.00. The standard InChI is InChI=1S/C14H24N2OS/c1-12-16-13(11-18-12)10-15-8-5-9-17-14-6-3-2-4-7-14/h11,14-15H,2-10H2,1H3. The van der Waals surface area contributed by atoms with Gasteiger partial charge < -0.3 is 10.1 Å². The van der Waals surface area contributed by atoms with Crippen LogP contribution in [0, 0.1) is 6.92 Å². The van der Waals surface area contributed by atoms with Gasteiger partial charge in [0.15, 0.2) is 0 Å². The molecule has 1 aromatic heterocycles. The topological polar surface area (TPSA) is 34.2 Å². The van der Waals surface area contributed by atoms with E-state index in [2.05, 4.69) is 15.7 Å². The highest BCUT2D eigenvalue weighted by atomic mass is 32.1. The minimum atomic E-state index is 0.542. The van der Waals surface area contributed by atoms with Gasteiger partial charge in [0.1, 0.15) is 0 Å². The van der Waals surface area contributed by atoms with Crippen LogP contribution in [0.2, 0.25) is 0 Å². The Labute approximate surface area is 114 Å². The van der Waals surface area contributed by atoms with E-state index in [0.717, 1.165) is 36.8 Å². The summed E-state index contributed by atoms with van der Waals surface area (Å²) in [5, 5.41) is 6.69. The van der Waals surface area contributed by atoms with E-state index in [1.807, 2.05) is 6.92 Å². The summed E-state index contributed by atoms with van der Waals surface area (Å²) in [6.07, 6.45) is 8.28. The van der Waals surface area contributed by atoms with Gasteiger partial charge in [-0.2, -0.15) is 0 Å². The van der Waals surface area contributed by atoms with Crippen LogP contribution in [0.4, 0.5) is 0 Å². The average molecular weight is 268 g/mol. The highest BCUT2D eigenvalue weighted by molar-refractivity contribution is 7.09. The number of ether oxygens (including phenoxy) is 1. The molecule has 3 nitrogen and oxygen atoms in total. The average Bonchev–Trinajstić information content (AvgIpc) is 2.81. The van der Waals surface area contributed by atoms with E-state index in [0.29, 0.717) is 6.10 Å². The van der Waals surface area contributed by atoms with Gasteiger partial charge in [-0.25, -0.2) is 4.98 Å². The Morgan fingerprint density at radius 1 is 1.39 bits per heavy atom. The number of hydrogen-bond acceptors (Lipinski definition) is 4. The van der Waals surface area contributed by atoms with Crippen molar-refractivity contribution in [2.75, 3.05) is 13.2 Å². The summed E-state index contributed by atoms with van der Waals surface area (Å²) in [6, 6.07) is 0. The van der Waals surface area contributed by atoms with Gasteiger partial charge in [0.05, 0.1) is 16.8 Å². The Balaban J connectivity index is 1.46. The fourth-order valence-electron chi connectivity index (χ4n) is 2.38. The second-order valence-electron chi connectivity index (χ2n) is 5.02. The van der Waals surface area contributed by atoms with Crippen molar-refractivity contribution in [2.45, 2.75) is 58.1 Å². The molecule has 0 amide bonds. The third-order valence-electron chi connectivity index (χ3n) is 3.38. The Hall–Kier alpha value is -0.450. The van der Waals surface area contributed by atoms with Crippen LogP contribution < -0.4 is 5.32 Å². The largest absolute Gasteiger partial charge is 0.378 e. The molecule has 0 bridgehead atoms. The molecule has 0 aliphatic heterocycles. The number of rotatable bonds is 7. The first-order valence-corrected chi connectivity index (χ1v) is 7.96. The normalized spacial score (nSPS) is 17.2. The first-order valence-electron chi connectivity index (χ1n) is 7.08. The summed E-state index contributed by atoms with van der Waals surface area (Å²) < 4.78 is 5.89. The van der Waals surface area contributed by atoms with Gasteiger partial charge in [-0.3, -0.25) is 0 Å². The van der Waals surface area contributed by atoms with Crippen LogP contribution >= 0.6 is 11.3 Å². The molecule has 0 spiro atoms. The summed E-state index contributed by atoms with van der Waals surface area (Å²) in [6.45, 7) is 4.84. The monoisotopic (exact) mass is 268 g/mol. The van der Waals surface area contributed by atoms with E-state index in [9.17, 15) is 0 Å². The Bertz CT molecular complexity index is 334. The molecule has 1 aliphatic carbocycles. The molecule has 1 N–H and O–H groups in total. The van der Waals surface area contributed by atoms with Crippen LogP contribution in [-0.4, -0.2) is 24.2 Å². The van der Waals surface area contributed by atoms with Crippen molar-refractivity contribution in [1.82, 2.24) is 10.3 Å². The number of hydrogen-bond donors (Lipinski definition) is 1. The zero-order valence-corrected chi connectivity index (χ0v) is 12.1. The first kappa shape index (κ1) is 14.0. The quantitative estimate of drug-likeness (QED) is 0.771. The molecule has 1 heterocycles. The minimum absolute atomic E-state index is 0.542. The van der Waals surface area contributed by atoms with Crippen LogP contribution in [0.1, 0.15) is 49.2 Å². The molecule has 4 heteroatoms. The van der Waals surface area contributed by atoms with Crippen LogP contribution in [0.5, 0.6) is 0 Å². The lowest BCUT2D eigenvalue weighted by Crippen LogP contribution is -2.20. The Kier molecular flexibility index (Phi) is 6.11. The maximum absolute atomic E-state index is 5.89. The summed E-state index contributed by atoms with van der Waals surface area (Å²) in [7, 11) is 0. The van der Waals surface area contributed by atoms with Gasteiger partial charge in [-0.1, -0.05) is 19.3 Å². The maximum Gasteiger partial charge on any atom is 0.0897 e. The molecule has 1 fully saturated rings. The van der Waals surface area contributed by atoms with Gasteiger partial charge in [-0.15, -0.1) is 11.3 Å². The highest BCUT2D eigenvalue weighted by Crippen LogP contribution is 2.20. The number of aryl methyl sites for hydroxylation is 1. The lowest BCUT2D eigenvalue weighted by molar-refractivity contribution is 0.0273. The lowest BCUT2D eigenvalue weighted by atomic mass is 9.98. The van der Waals surface area contributed by atoms with Crippen molar-refractivity contribution < 1.29 is 4.74 Å². The summed E-state index contributed by atoms with van der Waals surface area (Å²) >= 11 is 1.72. The van der Waals surface area contributed by atoms with Gasteiger partial charge in [0, 0.05) is 18.5 Å². The summed E-state index contributed by atoms with van der Waals surface area (Å²) in [5.74, 6) is 0. The van der Waals surface area contributed by atoms with Crippen LogP contribution in [-0.2, 0) is 11.3 Å². The molecule has 0 unspecified atom stereocenters. The number of nitrogens with one attached hydrogen (secondary N) is 1. The van der Waals surface area contributed by atoms with Gasteiger partial charge in [-0.05, 0) is 32.7 Å². The minimum Gasteiger partial charge on any atom is -0.378 e. The lowest BCUT2D eigenvalue weighted by Gasteiger charge is -2.21. The highest BCUT2D eigenvalue weighted by Gasteiger charge is 2.12. The van der Waals surface area contributed by atoms with Gasteiger partial charge >= 0.3 is 0 Å². The van der Waals surface area contributed by atoms with E-state index in [-0.39, 0.29) is 0 Å². The van der Waals surface area contributed by atoms with Gasteiger partial charge in [0.2, 0.25) is 0 Å².